The lowest BCUT2D eigenvalue weighted by Gasteiger charge is -2.40. The molecule has 4 aromatic carbocycles. The van der Waals surface area contributed by atoms with Crippen LogP contribution in [0.3, 0.4) is 0 Å². The summed E-state index contributed by atoms with van der Waals surface area (Å²) in [6.07, 6.45) is 1.67. The standard InChI is InChI=1S/C51H57N5O9/c1-50(2,3)64-47(59)42-28-39-40(15-10-16-41(39)56(42)49(61)65-51(4,5)6)53-46(58)44(48(60)63-30-33-12-9-14-37-36-13-8-7-11-32(36)27-38(33)37)45(52)31-17-19-35(20-18-31)55-24-23-54(29-43(55)57)34-21-25-62-26-22-34/h7-20,28,34,44-45H,21-27,29-30,52H2,1-6H3,(H,53,58)/t44-,45?/m0/s1. The van der Waals surface area contributed by atoms with Crippen LogP contribution in [0.15, 0.2) is 91.0 Å². The topological polar surface area (TPSA) is 172 Å². The smallest absolute Gasteiger partial charge is 0.419 e. The van der Waals surface area contributed by atoms with Crippen LogP contribution in [0.25, 0.3) is 22.0 Å². The second kappa shape index (κ2) is 18.3. The summed E-state index contributed by atoms with van der Waals surface area (Å²) >= 11 is 0. The molecule has 5 aromatic rings. The number of rotatable bonds is 10. The lowest BCUT2D eigenvalue weighted by atomic mass is 9.92. The molecule has 2 amide bonds. The van der Waals surface area contributed by atoms with Crippen molar-refractivity contribution in [2.45, 2.75) is 90.7 Å². The van der Waals surface area contributed by atoms with E-state index in [1.54, 1.807) is 88.9 Å². The van der Waals surface area contributed by atoms with Gasteiger partial charge in [-0.2, -0.15) is 0 Å². The van der Waals surface area contributed by atoms with Gasteiger partial charge in [0.15, 0.2) is 5.92 Å². The molecule has 1 unspecified atom stereocenters. The van der Waals surface area contributed by atoms with E-state index < -0.39 is 47.1 Å². The quantitative estimate of drug-likeness (QED) is 0.0782. The summed E-state index contributed by atoms with van der Waals surface area (Å²) in [5.74, 6) is -3.97. The summed E-state index contributed by atoms with van der Waals surface area (Å²) in [6, 6.07) is 26.5. The maximum absolute atomic E-state index is 14.7. The molecule has 0 saturated carbocycles. The fourth-order valence-electron chi connectivity index (χ4n) is 8.94. The number of anilines is 2. The maximum Gasteiger partial charge on any atom is 0.419 e. The Kier molecular flexibility index (Phi) is 12.7. The molecule has 0 spiro atoms. The molecule has 14 nitrogen and oxygen atoms in total. The Hall–Kier alpha value is -6.35. The molecule has 2 aliphatic heterocycles. The highest BCUT2D eigenvalue weighted by Gasteiger charge is 2.38. The zero-order valence-corrected chi connectivity index (χ0v) is 37.8. The van der Waals surface area contributed by atoms with Crippen LogP contribution < -0.4 is 16.0 Å². The monoisotopic (exact) mass is 883 g/mol. The van der Waals surface area contributed by atoms with E-state index >= 15 is 0 Å². The minimum atomic E-state index is -1.56. The van der Waals surface area contributed by atoms with Crippen LogP contribution in [0, 0.1) is 5.92 Å². The van der Waals surface area contributed by atoms with Crippen molar-refractivity contribution in [2.75, 3.05) is 43.1 Å². The van der Waals surface area contributed by atoms with Crippen molar-refractivity contribution >= 4 is 52.1 Å². The van der Waals surface area contributed by atoms with E-state index in [1.807, 2.05) is 30.3 Å². The molecule has 2 fully saturated rings. The number of hydrogen-bond acceptors (Lipinski definition) is 11. The number of nitrogens with two attached hydrogens (primary N) is 1. The number of aromatic nitrogens is 1. The van der Waals surface area contributed by atoms with Gasteiger partial charge in [0.25, 0.3) is 0 Å². The van der Waals surface area contributed by atoms with Crippen LogP contribution in [-0.4, -0.2) is 89.4 Å². The molecule has 65 heavy (non-hydrogen) atoms. The molecule has 3 heterocycles. The normalized spacial score (nSPS) is 16.7. The number of ether oxygens (including phenoxy) is 4. The van der Waals surface area contributed by atoms with Crippen LogP contribution in [0.4, 0.5) is 16.2 Å². The Bertz CT molecular complexity index is 2630. The number of carbonyl (C=O) groups excluding carboxylic acids is 5. The highest BCUT2D eigenvalue weighted by atomic mass is 16.6. The number of benzene rings is 4. The second-order valence-electron chi connectivity index (χ2n) is 18.9. The number of hydrogen-bond donors (Lipinski definition) is 2. The Morgan fingerprint density at radius 1 is 0.831 bits per heavy atom. The largest absolute Gasteiger partial charge is 0.460 e. The maximum atomic E-state index is 14.7. The predicted molar refractivity (Wildman–Crippen MR) is 246 cm³/mol. The number of carbonyl (C=O) groups is 5. The first-order valence-electron chi connectivity index (χ1n) is 22.2. The van der Waals surface area contributed by atoms with Crippen LogP contribution in [0.5, 0.6) is 0 Å². The molecule has 0 bridgehead atoms. The van der Waals surface area contributed by atoms with Crippen molar-refractivity contribution in [3.8, 4) is 11.1 Å². The van der Waals surface area contributed by atoms with Crippen molar-refractivity contribution in [3.05, 3.63) is 119 Å². The van der Waals surface area contributed by atoms with Crippen molar-refractivity contribution in [1.82, 2.24) is 9.47 Å². The van der Waals surface area contributed by atoms with Gasteiger partial charge in [0.05, 0.1) is 23.8 Å². The van der Waals surface area contributed by atoms with Gasteiger partial charge in [-0.05, 0) is 125 Å². The van der Waals surface area contributed by atoms with Crippen LogP contribution >= 0.6 is 0 Å². The Balaban J connectivity index is 1.08. The number of fused-ring (bicyclic) bond motifs is 4. The van der Waals surface area contributed by atoms with Gasteiger partial charge in [-0.3, -0.25) is 19.3 Å². The number of amides is 2. The summed E-state index contributed by atoms with van der Waals surface area (Å²) in [7, 11) is 0. The van der Waals surface area contributed by atoms with Crippen LogP contribution in [0.2, 0.25) is 0 Å². The summed E-state index contributed by atoms with van der Waals surface area (Å²) in [6.45, 7) is 13.1. The third-order valence-electron chi connectivity index (χ3n) is 12.0. The zero-order valence-electron chi connectivity index (χ0n) is 37.8. The van der Waals surface area contributed by atoms with Gasteiger partial charge in [0, 0.05) is 43.4 Å². The molecular formula is C51H57N5O9. The lowest BCUT2D eigenvalue weighted by molar-refractivity contribution is -0.153. The fraction of sp³-hybridized carbons (Fsp3) is 0.392. The van der Waals surface area contributed by atoms with E-state index in [0.717, 1.165) is 46.2 Å². The molecular weight excluding hydrogens is 827 g/mol. The second-order valence-corrected chi connectivity index (χ2v) is 18.9. The highest BCUT2D eigenvalue weighted by Crippen LogP contribution is 2.39. The number of nitrogens with one attached hydrogen (secondary N) is 1. The van der Waals surface area contributed by atoms with Crippen molar-refractivity contribution in [2.24, 2.45) is 11.7 Å². The Morgan fingerprint density at radius 2 is 1.52 bits per heavy atom. The summed E-state index contributed by atoms with van der Waals surface area (Å²) in [5.41, 5.74) is 11.9. The molecule has 1 aromatic heterocycles. The third kappa shape index (κ3) is 9.85. The number of esters is 2. The first kappa shape index (κ1) is 45.2. The molecule has 340 valence electrons. The average Bonchev–Trinajstić information content (AvgIpc) is 3.85. The Labute approximate surface area is 378 Å². The summed E-state index contributed by atoms with van der Waals surface area (Å²) in [4.78, 5) is 73.8. The van der Waals surface area contributed by atoms with Crippen molar-refractivity contribution in [3.63, 3.8) is 0 Å². The summed E-state index contributed by atoms with van der Waals surface area (Å²) in [5, 5.41) is 3.20. The first-order valence-corrected chi connectivity index (χ1v) is 22.2. The van der Waals surface area contributed by atoms with E-state index in [1.165, 1.54) is 11.6 Å². The minimum absolute atomic E-state index is 0.0133. The molecule has 1 aliphatic carbocycles. The number of piperazine rings is 1. The fourth-order valence-corrected chi connectivity index (χ4v) is 8.94. The third-order valence-corrected chi connectivity index (χ3v) is 12.0. The zero-order chi connectivity index (χ0) is 46.2. The average molecular weight is 884 g/mol. The summed E-state index contributed by atoms with van der Waals surface area (Å²) < 4.78 is 24.0. The van der Waals surface area contributed by atoms with Gasteiger partial charge >= 0.3 is 18.0 Å². The van der Waals surface area contributed by atoms with Crippen LogP contribution in [0.1, 0.15) is 93.2 Å². The van der Waals surface area contributed by atoms with E-state index in [2.05, 4.69) is 22.3 Å². The molecule has 3 aliphatic rings. The molecule has 2 saturated heterocycles. The van der Waals surface area contributed by atoms with Gasteiger partial charge in [-0.1, -0.05) is 60.7 Å². The van der Waals surface area contributed by atoms with E-state index in [9.17, 15) is 24.0 Å². The van der Waals surface area contributed by atoms with E-state index in [4.69, 9.17) is 24.7 Å². The van der Waals surface area contributed by atoms with Crippen molar-refractivity contribution < 1.29 is 42.9 Å². The van der Waals surface area contributed by atoms with Crippen molar-refractivity contribution in [1.29, 1.82) is 0 Å². The Morgan fingerprint density at radius 3 is 2.23 bits per heavy atom. The van der Waals surface area contributed by atoms with Gasteiger partial charge in [0.2, 0.25) is 11.8 Å². The number of nitrogens with zero attached hydrogens (tertiary/aromatic N) is 3. The SMILES string of the molecule is CC(C)(C)OC(=O)c1cc2c(NC(=O)[C@@H](C(=O)OCc3cccc4c3Cc3ccccc3-4)C(N)c3ccc(N4CCN(C5CCOCC5)CC4=O)cc3)cccc2n1C(=O)OC(C)(C)C. The molecule has 14 heteroatoms. The molecule has 8 rings (SSSR count). The molecule has 3 N–H and O–H groups in total. The van der Waals surface area contributed by atoms with Gasteiger partial charge in [-0.15, -0.1) is 0 Å². The van der Waals surface area contributed by atoms with E-state index in [-0.39, 0.29) is 29.4 Å². The first-order chi connectivity index (χ1) is 31.0. The minimum Gasteiger partial charge on any atom is -0.460 e. The molecule has 2 atom stereocenters. The van der Waals surface area contributed by atoms with Gasteiger partial charge in [0.1, 0.15) is 23.5 Å². The highest BCUT2D eigenvalue weighted by molar-refractivity contribution is 6.12. The van der Waals surface area contributed by atoms with E-state index in [0.29, 0.717) is 55.4 Å². The van der Waals surface area contributed by atoms with Gasteiger partial charge in [-0.25, -0.2) is 14.2 Å². The van der Waals surface area contributed by atoms with Gasteiger partial charge < -0.3 is 34.9 Å². The van der Waals surface area contributed by atoms with Crippen LogP contribution in [-0.2, 0) is 46.4 Å². The lowest BCUT2D eigenvalue weighted by Crippen LogP contribution is -2.54. The molecule has 0 radical (unpaired) electrons. The predicted octanol–water partition coefficient (Wildman–Crippen LogP) is 7.78.